The third-order valence-corrected chi connectivity index (χ3v) is 4.69. The second-order valence-electron chi connectivity index (χ2n) is 6.12. The van der Waals surface area contributed by atoms with Crippen LogP contribution >= 0.6 is 0 Å². The molecule has 0 spiro atoms. The predicted octanol–water partition coefficient (Wildman–Crippen LogP) is 2.95. The summed E-state index contributed by atoms with van der Waals surface area (Å²) in [6, 6.07) is 8.74. The van der Waals surface area contributed by atoms with E-state index in [1.54, 1.807) is 0 Å². The number of nitrogens with one attached hydrogen (secondary N) is 1. The van der Waals surface area contributed by atoms with Gasteiger partial charge in [0.2, 0.25) is 0 Å². The third kappa shape index (κ3) is 3.38. The molecule has 0 bridgehead atoms. The smallest absolute Gasteiger partial charge is 0.321 e. The van der Waals surface area contributed by atoms with E-state index in [2.05, 4.69) is 29.3 Å². The van der Waals surface area contributed by atoms with Crippen molar-refractivity contribution < 1.29 is 4.79 Å². The molecule has 4 nitrogen and oxygen atoms in total. The maximum Gasteiger partial charge on any atom is 0.321 e. The quantitative estimate of drug-likeness (QED) is 0.927. The Hall–Kier alpha value is -1.55. The van der Waals surface area contributed by atoms with E-state index < -0.39 is 0 Å². The van der Waals surface area contributed by atoms with E-state index in [-0.39, 0.29) is 6.03 Å². The first-order chi connectivity index (χ1) is 10.3. The van der Waals surface area contributed by atoms with E-state index in [9.17, 15) is 4.79 Å². The van der Waals surface area contributed by atoms with Crippen molar-refractivity contribution in [2.24, 2.45) is 0 Å². The molecule has 2 aliphatic heterocycles. The highest BCUT2D eigenvalue weighted by atomic mass is 16.2. The molecule has 1 aromatic rings. The van der Waals surface area contributed by atoms with Crippen LogP contribution in [-0.4, -0.2) is 48.1 Å². The van der Waals surface area contributed by atoms with Crippen LogP contribution in [0, 0.1) is 0 Å². The van der Waals surface area contributed by atoms with Crippen LogP contribution in [0.4, 0.5) is 10.5 Å². The summed E-state index contributed by atoms with van der Waals surface area (Å²) in [4.78, 5) is 16.9. The summed E-state index contributed by atoms with van der Waals surface area (Å²) in [5.41, 5.74) is 2.16. The number of benzene rings is 1. The largest absolute Gasteiger partial charge is 0.323 e. The number of carbonyl (C=O) groups is 1. The van der Waals surface area contributed by atoms with Gasteiger partial charge < -0.3 is 10.2 Å². The molecule has 2 heterocycles. The van der Waals surface area contributed by atoms with Crippen molar-refractivity contribution in [2.45, 2.75) is 38.6 Å². The van der Waals surface area contributed by atoms with E-state index in [1.807, 2.05) is 17.0 Å². The van der Waals surface area contributed by atoms with Crippen molar-refractivity contribution in [1.29, 1.82) is 0 Å². The third-order valence-electron chi connectivity index (χ3n) is 4.69. The maximum absolute atomic E-state index is 12.4. The zero-order valence-corrected chi connectivity index (χ0v) is 12.8. The summed E-state index contributed by atoms with van der Waals surface area (Å²) in [5.74, 6) is 0. The number of nitrogens with zero attached hydrogens (tertiary/aromatic N) is 2. The molecule has 114 valence electrons. The lowest BCUT2D eigenvalue weighted by Gasteiger charge is -2.23. The standard InChI is InChI=1S/C17H25N3O/c1-2-14-6-5-7-15(12-14)18-17(21)20-11-8-16(13-20)19-9-3-4-10-19/h5-7,12,16H,2-4,8-11,13H2,1H3,(H,18,21)/t16-/m0/s1. The Morgan fingerprint density at radius 3 is 2.86 bits per heavy atom. The predicted molar refractivity (Wildman–Crippen MR) is 85.6 cm³/mol. The molecule has 0 aliphatic carbocycles. The fourth-order valence-corrected chi connectivity index (χ4v) is 3.40. The molecule has 21 heavy (non-hydrogen) atoms. The van der Waals surface area contributed by atoms with E-state index in [0.29, 0.717) is 6.04 Å². The zero-order valence-electron chi connectivity index (χ0n) is 12.8. The van der Waals surface area contributed by atoms with E-state index in [0.717, 1.165) is 31.6 Å². The highest BCUT2D eigenvalue weighted by molar-refractivity contribution is 5.89. The molecule has 0 saturated carbocycles. The number of aryl methyl sites for hydroxylation is 1. The molecule has 0 unspecified atom stereocenters. The topological polar surface area (TPSA) is 35.6 Å². The van der Waals surface area contributed by atoms with Crippen molar-refractivity contribution >= 4 is 11.7 Å². The van der Waals surface area contributed by atoms with Gasteiger partial charge in [-0.1, -0.05) is 19.1 Å². The number of anilines is 1. The first-order valence-corrected chi connectivity index (χ1v) is 8.15. The summed E-state index contributed by atoms with van der Waals surface area (Å²) in [6.45, 7) is 6.29. The maximum atomic E-state index is 12.4. The second kappa shape index (κ2) is 6.48. The van der Waals surface area contributed by atoms with Gasteiger partial charge in [-0.3, -0.25) is 4.90 Å². The minimum Gasteiger partial charge on any atom is -0.323 e. The van der Waals surface area contributed by atoms with Gasteiger partial charge in [0.25, 0.3) is 0 Å². The number of amides is 2. The lowest BCUT2D eigenvalue weighted by atomic mass is 10.1. The van der Waals surface area contributed by atoms with Crippen molar-refractivity contribution in [2.75, 3.05) is 31.5 Å². The van der Waals surface area contributed by atoms with Gasteiger partial charge >= 0.3 is 6.03 Å². The number of carbonyl (C=O) groups excluding carboxylic acids is 1. The molecule has 2 aliphatic rings. The molecule has 0 radical (unpaired) electrons. The highest BCUT2D eigenvalue weighted by Crippen LogP contribution is 2.21. The van der Waals surface area contributed by atoms with Gasteiger partial charge in [0.1, 0.15) is 0 Å². The molecule has 1 aromatic carbocycles. The average Bonchev–Trinajstić information content (AvgIpc) is 3.18. The van der Waals surface area contributed by atoms with Crippen LogP contribution < -0.4 is 5.32 Å². The first-order valence-electron chi connectivity index (χ1n) is 8.15. The number of likely N-dealkylation sites (tertiary alicyclic amines) is 2. The van der Waals surface area contributed by atoms with Crippen molar-refractivity contribution in [1.82, 2.24) is 9.80 Å². The summed E-state index contributed by atoms with van der Waals surface area (Å²) >= 11 is 0. The van der Waals surface area contributed by atoms with Gasteiger partial charge in [-0.2, -0.15) is 0 Å². The van der Waals surface area contributed by atoms with Gasteiger partial charge in [-0.15, -0.1) is 0 Å². The fourth-order valence-electron chi connectivity index (χ4n) is 3.40. The summed E-state index contributed by atoms with van der Waals surface area (Å²) < 4.78 is 0. The number of rotatable bonds is 3. The molecule has 0 aromatic heterocycles. The van der Waals surface area contributed by atoms with E-state index in [1.165, 1.54) is 31.5 Å². The van der Waals surface area contributed by atoms with Gasteiger partial charge in [0, 0.05) is 24.8 Å². The lowest BCUT2D eigenvalue weighted by molar-refractivity contribution is 0.210. The molecule has 2 fully saturated rings. The van der Waals surface area contributed by atoms with Gasteiger partial charge in [-0.05, 0) is 56.5 Å². The van der Waals surface area contributed by atoms with E-state index >= 15 is 0 Å². The van der Waals surface area contributed by atoms with Crippen LogP contribution in [0.1, 0.15) is 31.7 Å². The minimum absolute atomic E-state index is 0.0463. The molecule has 3 rings (SSSR count). The van der Waals surface area contributed by atoms with E-state index in [4.69, 9.17) is 0 Å². The van der Waals surface area contributed by atoms with Crippen molar-refractivity contribution in [3.05, 3.63) is 29.8 Å². The fraction of sp³-hybridized carbons (Fsp3) is 0.588. The van der Waals surface area contributed by atoms with Gasteiger partial charge in [-0.25, -0.2) is 4.79 Å². The highest BCUT2D eigenvalue weighted by Gasteiger charge is 2.31. The average molecular weight is 287 g/mol. The monoisotopic (exact) mass is 287 g/mol. The summed E-state index contributed by atoms with van der Waals surface area (Å²) in [7, 11) is 0. The second-order valence-corrected chi connectivity index (χ2v) is 6.12. The van der Waals surface area contributed by atoms with Crippen molar-refractivity contribution in [3.63, 3.8) is 0 Å². The SMILES string of the molecule is CCc1cccc(NC(=O)N2CC[C@H](N3CCCC3)C2)c1. The van der Waals surface area contributed by atoms with Crippen molar-refractivity contribution in [3.8, 4) is 0 Å². The number of hydrogen-bond donors (Lipinski definition) is 1. The Bertz CT molecular complexity index is 497. The molecule has 2 amide bonds. The molecule has 1 atom stereocenters. The number of hydrogen-bond acceptors (Lipinski definition) is 2. The molecule has 1 N–H and O–H groups in total. The van der Waals surface area contributed by atoms with Crippen LogP contribution in [0.5, 0.6) is 0 Å². The first kappa shape index (κ1) is 14.4. The Balaban J connectivity index is 1.56. The van der Waals surface area contributed by atoms with Gasteiger partial charge in [0.15, 0.2) is 0 Å². The number of urea groups is 1. The molecule has 4 heteroatoms. The molecular weight excluding hydrogens is 262 g/mol. The Labute approximate surface area is 127 Å². The van der Waals surface area contributed by atoms with Crippen LogP contribution in [0.3, 0.4) is 0 Å². The normalized spacial score (nSPS) is 22.7. The van der Waals surface area contributed by atoms with Crippen LogP contribution in [-0.2, 0) is 6.42 Å². The minimum atomic E-state index is 0.0463. The Morgan fingerprint density at radius 1 is 1.29 bits per heavy atom. The van der Waals surface area contributed by atoms with Crippen LogP contribution in [0.2, 0.25) is 0 Å². The Kier molecular flexibility index (Phi) is 4.44. The Morgan fingerprint density at radius 2 is 2.10 bits per heavy atom. The summed E-state index contributed by atoms with van der Waals surface area (Å²) in [6.07, 6.45) is 4.73. The van der Waals surface area contributed by atoms with Crippen LogP contribution in [0.25, 0.3) is 0 Å². The summed E-state index contributed by atoms with van der Waals surface area (Å²) in [5, 5.41) is 3.04. The molecular formula is C17H25N3O. The van der Waals surface area contributed by atoms with Gasteiger partial charge in [0.05, 0.1) is 0 Å². The molecule has 2 saturated heterocycles. The van der Waals surface area contributed by atoms with Crippen LogP contribution in [0.15, 0.2) is 24.3 Å². The lowest BCUT2D eigenvalue weighted by Crippen LogP contribution is -2.38. The zero-order chi connectivity index (χ0) is 14.7.